The van der Waals surface area contributed by atoms with Gasteiger partial charge in [-0.25, -0.2) is 0 Å². The van der Waals surface area contributed by atoms with Crippen molar-refractivity contribution in [3.8, 4) is 0 Å². The number of hydrogen-bond acceptors (Lipinski definition) is 1. The molecule has 1 aromatic carbocycles. The van der Waals surface area contributed by atoms with E-state index in [1.54, 1.807) is 0 Å². The highest BCUT2D eigenvalue weighted by molar-refractivity contribution is 9.10. The Labute approximate surface area is 117 Å². The van der Waals surface area contributed by atoms with Gasteiger partial charge in [-0.15, -0.1) is 11.6 Å². The Bertz CT molecular complexity index is 339. The van der Waals surface area contributed by atoms with Crippen LogP contribution in [0.2, 0.25) is 0 Å². The fourth-order valence-corrected chi connectivity index (χ4v) is 2.99. The molecule has 1 atom stereocenters. The largest absolute Gasteiger partial charge is 0.296 e. The predicted molar refractivity (Wildman–Crippen MR) is 77.5 cm³/mol. The van der Waals surface area contributed by atoms with E-state index in [1.165, 1.54) is 31.4 Å². The summed E-state index contributed by atoms with van der Waals surface area (Å²) in [6.45, 7) is 2.32. The third-order valence-corrected chi connectivity index (χ3v) is 4.26. The summed E-state index contributed by atoms with van der Waals surface area (Å²) in [5, 5.41) is 0. The molecule has 1 aliphatic heterocycles. The van der Waals surface area contributed by atoms with E-state index in [4.69, 9.17) is 11.6 Å². The summed E-state index contributed by atoms with van der Waals surface area (Å²) in [5.41, 5.74) is 1.41. The van der Waals surface area contributed by atoms with Gasteiger partial charge in [0.05, 0.1) is 0 Å². The van der Waals surface area contributed by atoms with Crippen molar-refractivity contribution in [2.75, 3.05) is 12.4 Å². The minimum absolute atomic E-state index is 0.748. The third-order valence-electron chi connectivity index (χ3n) is 3.47. The van der Waals surface area contributed by atoms with E-state index < -0.39 is 0 Å². The number of likely N-dealkylation sites (tertiary alicyclic amines) is 1. The summed E-state index contributed by atoms with van der Waals surface area (Å²) in [6.07, 6.45) is 5.07. The SMILES string of the molecule is ClCCCC1CCCN1Cc1ccc(Br)cc1. The lowest BCUT2D eigenvalue weighted by Crippen LogP contribution is -2.28. The highest BCUT2D eigenvalue weighted by atomic mass is 79.9. The van der Waals surface area contributed by atoms with Crippen LogP contribution in [0.15, 0.2) is 28.7 Å². The summed E-state index contributed by atoms with van der Waals surface area (Å²) in [7, 11) is 0. The van der Waals surface area contributed by atoms with Gasteiger partial charge >= 0.3 is 0 Å². The molecule has 0 N–H and O–H groups in total. The van der Waals surface area contributed by atoms with Crippen LogP contribution >= 0.6 is 27.5 Å². The molecule has 3 heteroatoms. The van der Waals surface area contributed by atoms with Crippen LogP contribution < -0.4 is 0 Å². The molecular formula is C14H19BrClN. The van der Waals surface area contributed by atoms with Crippen LogP contribution in [0.3, 0.4) is 0 Å². The minimum atomic E-state index is 0.748. The zero-order valence-corrected chi connectivity index (χ0v) is 12.4. The second kappa shape index (κ2) is 6.77. The van der Waals surface area contributed by atoms with Gasteiger partial charge in [-0.05, 0) is 49.9 Å². The van der Waals surface area contributed by atoms with E-state index in [-0.39, 0.29) is 0 Å². The van der Waals surface area contributed by atoms with Crippen LogP contribution in [-0.2, 0) is 6.54 Å². The molecule has 1 heterocycles. The number of benzene rings is 1. The van der Waals surface area contributed by atoms with Gasteiger partial charge in [-0.3, -0.25) is 4.90 Å². The van der Waals surface area contributed by atoms with Crippen molar-refractivity contribution in [3.05, 3.63) is 34.3 Å². The van der Waals surface area contributed by atoms with Crippen molar-refractivity contribution in [1.29, 1.82) is 0 Å². The highest BCUT2D eigenvalue weighted by Gasteiger charge is 2.23. The third kappa shape index (κ3) is 3.97. The second-order valence-corrected chi connectivity index (χ2v) is 6.02. The van der Waals surface area contributed by atoms with Gasteiger partial charge < -0.3 is 0 Å². The fraction of sp³-hybridized carbons (Fsp3) is 0.571. The van der Waals surface area contributed by atoms with Gasteiger partial charge in [-0.2, -0.15) is 0 Å². The lowest BCUT2D eigenvalue weighted by molar-refractivity contribution is 0.234. The Hall–Kier alpha value is -0.0500. The molecule has 2 rings (SSSR count). The summed E-state index contributed by atoms with van der Waals surface area (Å²) >= 11 is 9.26. The fourth-order valence-electron chi connectivity index (χ4n) is 2.57. The number of alkyl halides is 1. The van der Waals surface area contributed by atoms with Crippen LogP contribution in [0.5, 0.6) is 0 Å². The van der Waals surface area contributed by atoms with Crippen LogP contribution in [0.4, 0.5) is 0 Å². The van der Waals surface area contributed by atoms with Crippen LogP contribution in [-0.4, -0.2) is 23.4 Å². The Morgan fingerprint density at radius 2 is 2.06 bits per heavy atom. The summed E-state index contributed by atoms with van der Waals surface area (Å²) < 4.78 is 1.15. The van der Waals surface area contributed by atoms with Crippen molar-refractivity contribution < 1.29 is 0 Å². The zero-order chi connectivity index (χ0) is 12.1. The maximum atomic E-state index is 5.78. The molecule has 0 saturated carbocycles. The summed E-state index contributed by atoms with van der Waals surface area (Å²) in [5.74, 6) is 0.794. The number of rotatable bonds is 5. The molecule has 1 aromatic rings. The average Bonchev–Trinajstić information content (AvgIpc) is 2.77. The van der Waals surface area contributed by atoms with Crippen molar-refractivity contribution in [2.24, 2.45) is 0 Å². The van der Waals surface area contributed by atoms with Crippen molar-refractivity contribution in [2.45, 2.75) is 38.3 Å². The summed E-state index contributed by atoms with van der Waals surface area (Å²) in [4.78, 5) is 2.61. The molecule has 94 valence electrons. The van der Waals surface area contributed by atoms with Crippen molar-refractivity contribution >= 4 is 27.5 Å². The molecule has 1 fully saturated rings. The van der Waals surface area contributed by atoms with E-state index in [1.807, 2.05) is 0 Å². The average molecular weight is 317 g/mol. The quantitative estimate of drug-likeness (QED) is 0.726. The highest BCUT2D eigenvalue weighted by Crippen LogP contribution is 2.24. The van der Waals surface area contributed by atoms with Gasteiger partial charge in [0, 0.05) is 22.9 Å². The lowest BCUT2D eigenvalue weighted by Gasteiger charge is -2.24. The van der Waals surface area contributed by atoms with Gasteiger partial charge in [0.25, 0.3) is 0 Å². The smallest absolute Gasteiger partial charge is 0.0236 e. The number of nitrogens with zero attached hydrogens (tertiary/aromatic N) is 1. The van der Waals surface area contributed by atoms with E-state index in [2.05, 4.69) is 45.1 Å². The molecule has 0 aromatic heterocycles. The van der Waals surface area contributed by atoms with Gasteiger partial charge in [0.1, 0.15) is 0 Å². The molecule has 1 aliphatic rings. The number of hydrogen-bond donors (Lipinski definition) is 0. The van der Waals surface area contributed by atoms with Crippen LogP contribution in [0.1, 0.15) is 31.2 Å². The Morgan fingerprint density at radius 1 is 1.29 bits per heavy atom. The minimum Gasteiger partial charge on any atom is -0.296 e. The summed E-state index contributed by atoms with van der Waals surface area (Å²) in [6, 6.07) is 9.41. The van der Waals surface area contributed by atoms with E-state index in [9.17, 15) is 0 Å². The standard InChI is InChI=1S/C14H19BrClN/c15-13-7-5-12(6-8-13)11-17-10-2-4-14(17)3-1-9-16/h5-8,14H,1-4,9-11H2. The second-order valence-electron chi connectivity index (χ2n) is 4.72. The van der Waals surface area contributed by atoms with Gasteiger partial charge in [0.2, 0.25) is 0 Å². The first-order valence-corrected chi connectivity index (χ1v) is 7.67. The molecule has 0 bridgehead atoms. The molecule has 1 nitrogen and oxygen atoms in total. The normalized spacial score (nSPS) is 20.9. The predicted octanol–water partition coefficient (Wildman–Crippen LogP) is 4.43. The lowest BCUT2D eigenvalue weighted by atomic mass is 10.1. The molecule has 0 radical (unpaired) electrons. The molecular weight excluding hydrogens is 298 g/mol. The van der Waals surface area contributed by atoms with Crippen LogP contribution in [0, 0.1) is 0 Å². The van der Waals surface area contributed by atoms with Crippen molar-refractivity contribution in [3.63, 3.8) is 0 Å². The zero-order valence-electron chi connectivity index (χ0n) is 10.0. The maximum absolute atomic E-state index is 5.78. The Kier molecular flexibility index (Phi) is 5.33. The van der Waals surface area contributed by atoms with E-state index in [0.29, 0.717) is 0 Å². The number of halogens is 2. The molecule has 1 saturated heterocycles. The molecule has 0 spiro atoms. The first-order chi connectivity index (χ1) is 8.29. The van der Waals surface area contributed by atoms with Gasteiger partial charge in [-0.1, -0.05) is 28.1 Å². The first kappa shape index (κ1) is 13.4. The van der Waals surface area contributed by atoms with Crippen LogP contribution in [0.25, 0.3) is 0 Å². The monoisotopic (exact) mass is 315 g/mol. The van der Waals surface area contributed by atoms with Crippen molar-refractivity contribution in [1.82, 2.24) is 4.90 Å². The first-order valence-electron chi connectivity index (χ1n) is 6.34. The molecule has 0 amide bonds. The maximum Gasteiger partial charge on any atom is 0.0236 e. The molecule has 0 aliphatic carbocycles. The van der Waals surface area contributed by atoms with Gasteiger partial charge in [0.15, 0.2) is 0 Å². The van der Waals surface area contributed by atoms with E-state index in [0.717, 1.165) is 29.4 Å². The Balaban J connectivity index is 1.90. The topological polar surface area (TPSA) is 3.24 Å². The molecule has 1 unspecified atom stereocenters. The molecule has 17 heavy (non-hydrogen) atoms. The Morgan fingerprint density at radius 3 is 2.76 bits per heavy atom. The van der Waals surface area contributed by atoms with E-state index >= 15 is 0 Å².